The Bertz CT molecular complexity index is 1220. The van der Waals surface area contributed by atoms with Crippen LogP contribution in [0.5, 0.6) is 11.5 Å². The largest absolute Gasteiger partial charge is 0.497 e. The highest BCUT2D eigenvalue weighted by Gasteiger charge is 2.15. The average Bonchev–Trinajstić information content (AvgIpc) is 3.09. The van der Waals surface area contributed by atoms with Crippen molar-refractivity contribution in [2.45, 2.75) is 13.5 Å². The summed E-state index contributed by atoms with van der Waals surface area (Å²) in [5.74, 6) is 2.62. The average molecular weight is 424 g/mol. The van der Waals surface area contributed by atoms with E-state index in [4.69, 9.17) is 20.6 Å². The predicted molar refractivity (Wildman–Crippen MR) is 114 cm³/mol. The Morgan fingerprint density at radius 1 is 1.17 bits per heavy atom. The lowest BCUT2D eigenvalue weighted by atomic mass is 10.2. The monoisotopic (exact) mass is 424 g/mol. The number of benzene rings is 2. The van der Waals surface area contributed by atoms with Crippen molar-refractivity contribution >= 4 is 33.4 Å². The van der Waals surface area contributed by atoms with Gasteiger partial charge in [0.2, 0.25) is 0 Å². The van der Waals surface area contributed by atoms with Gasteiger partial charge in [-0.05, 0) is 37.3 Å². The number of esters is 1. The fraction of sp³-hybridized carbons (Fsp3) is 0.227. The molecule has 0 spiro atoms. The summed E-state index contributed by atoms with van der Waals surface area (Å²) >= 11 is 1.26. The van der Waals surface area contributed by atoms with Gasteiger partial charge in [0.05, 0.1) is 48.7 Å². The minimum atomic E-state index is -0.475. The highest BCUT2D eigenvalue weighted by molar-refractivity contribution is 7.16. The van der Waals surface area contributed by atoms with Gasteiger partial charge in [0.15, 0.2) is 4.80 Å². The molecular formula is C22H20N2O5S. The molecule has 7 nitrogen and oxygen atoms in total. The van der Waals surface area contributed by atoms with Crippen molar-refractivity contribution < 1.29 is 23.8 Å². The molecule has 154 valence electrons. The van der Waals surface area contributed by atoms with Crippen molar-refractivity contribution in [1.29, 1.82) is 0 Å². The summed E-state index contributed by atoms with van der Waals surface area (Å²) in [5.41, 5.74) is 1.50. The molecule has 3 aromatic rings. The molecule has 0 aliphatic heterocycles. The Hall–Kier alpha value is -3.57. The number of rotatable bonds is 6. The molecule has 0 saturated heterocycles. The third-order valence-corrected chi connectivity index (χ3v) is 5.32. The molecule has 0 saturated carbocycles. The van der Waals surface area contributed by atoms with Crippen LogP contribution in [0.4, 0.5) is 0 Å². The minimum Gasteiger partial charge on any atom is -0.497 e. The van der Waals surface area contributed by atoms with Crippen molar-refractivity contribution in [2.24, 2.45) is 4.99 Å². The second-order valence-electron chi connectivity index (χ2n) is 6.06. The van der Waals surface area contributed by atoms with Crippen molar-refractivity contribution in [3.05, 3.63) is 52.3 Å². The van der Waals surface area contributed by atoms with Crippen LogP contribution in [-0.4, -0.2) is 37.3 Å². The van der Waals surface area contributed by atoms with E-state index >= 15 is 0 Å². The molecule has 1 aromatic heterocycles. The molecular weight excluding hydrogens is 404 g/mol. The molecule has 0 bridgehead atoms. The van der Waals surface area contributed by atoms with Crippen LogP contribution < -0.4 is 14.3 Å². The topological polar surface area (TPSA) is 79.1 Å². The lowest BCUT2D eigenvalue weighted by Gasteiger charge is -2.07. The molecule has 1 heterocycles. The zero-order valence-corrected chi connectivity index (χ0v) is 17.6. The summed E-state index contributed by atoms with van der Waals surface area (Å²) in [4.78, 5) is 29.6. The highest BCUT2D eigenvalue weighted by Crippen LogP contribution is 2.25. The van der Waals surface area contributed by atoms with E-state index in [-0.39, 0.29) is 13.2 Å². The zero-order chi connectivity index (χ0) is 21.7. The molecule has 0 N–H and O–H groups in total. The maximum Gasteiger partial charge on any atom is 0.338 e. The van der Waals surface area contributed by atoms with Crippen molar-refractivity contribution in [1.82, 2.24) is 4.57 Å². The third-order valence-electron chi connectivity index (χ3n) is 4.28. The quantitative estimate of drug-likeness (QED) is 0.448. The minimum absolute atomic E-state index is 0.227. The number of hydrogen-bond donors (Lipinski definition) is 0. The van der Waals surface area contributed by atoms with E-state index < -0.39 is 11.9 Å². The maximum atomic E-state index is 12.9. The lowest BCUT2D eigenvalue weighted by molar-refractivity contribution is 0.0526. The molecule has 0 fully saturated rings. The number of carbonyl (C=O) groups excluding carboxylic acids is 2. The first-order valence-corrected chi connectivity index (χ1v) is 9.89. The molecule has 30 heavy (non-hydrogen) atoms. The first kappa shape index (κ1) is 21.1. The first-order chi connectivity index (χ1) is 14.5. The number of amides is 1. The Morgan fingerprint density at radius 3 is 2.63 bits per heavy atom. The number of thiazole rings is 1. The van der Waals surface area contributed by atoms with Gasteiger partial charge in [0, 0.05) is 6.07 Å². The third kappa shape index (κ3) is 4.21. The van der Waals surface area contributed by atoms with E-state index in [1.165, 1.54) is 25.6 Å². The Morgan fingerprint density at radius 2 is 1.97 bits per heavy atom. The van der Waals surface area contributed by atoms with Crippen LogP contribution in [0.15, 0.2) is 41.4 Å². The van der Waals surface area contributed by atoms with Gasteiger partial charge in [-0.3, -0.25) is 4.79 Å². The maximum absolute atomic E-state index is 12.9. The molecule has 0 aliphatic rings. The number of terminal acetylenes is 1. The fourth-order valence-corrected chi connectivity index (χ4v) is 3.93. The van der Waals surface area contributed by atoms with Crippen LogP contribution in [0.2, 0.25) is 0 Å². The second kappa shape index (κ2) is 9.29. The summed E-state index contributed by atoms with van der Waals surface area (Å²) in [7, 11) is 3.01. The van der Waals surface area contributed by atoms with Gasteiger partial charge in [-0.1, -0.05) is 17.3 Å². The molecule has 2 aromatic carbocycles. The Kier molecular flexibility index (Phi) is 6.54. The van der Waals surface area contributed by atoms with E-state index in [1.807, 2.05) is 0 Å². The second-order valence-corrected chi connectivity index (χ2v) is 7.07. The number of carbonyl (C=O) groups is 2. The van der Waals surface area contributed by atoms with E-state index in [2.05, 4.69) is 10.9 Å². The summed E-state index contributed by atoms with van der Waals surface area (Å²) in [5, 5.41) is 0. The fourth-order valence-electron chi connectivity index (χ4n) is 2.87. The number of ether oxygens (including phenoxy) is 3. The lowest BCUT2D eigenvalue weighted by Crippen LogP contribution is -2.16. The summed E-state index contributed by atoms with van der Waals surface area (Å²) in [6.07, 6.45) is 5.52. The normalized spacial score (nSPS) is 11.2. The molecule has 3 rings (SSSR count). The smallest absolute Gasteiger partial charge is 0.338 e. The molecule has 1 amide bonds. The van der Waals surface area contributed by atoms with Gasteiger partial charge in [-0.15, -0.1) is 6.42 Å². The van der Waals surface area contributed by atoms with Gasteiger partial charge in [-0.2, -0.15) is 4.99 Å². The van der Waals surface area contributed by atoms with E-state index in [9.17, 15) is 9.59 Å². The molecule has 8 heteroatoms. The van der Waals surface area contributed by atoms with E-state index in [0.29, 0.717) is 27.4 Å². The van der Waals surface area contributed by atoms with E-state index in [0.717, 1.165) is 10.2 Å². The van der Waals surface area contributed by atoms with E-state index in [1.54, 1.807) is 47.9 Å². The van der Waals surface area contributed by atoms with Gasteiger partial charge in [0.25, 0.3) is 5.91 Å². The summed E-state index contributed by atoms with van der Waals surface area (Å²) < 4.78 is 18.0. The predicted octanol–water partition coefficient (Wildman–Crippen LogP) is 3.27. The Balaban J connectivity index is 2.11. The summed E-state index contributed by atoms with van der Waals surface area (Å²) in [6, 6.07) is 10.0. The molecule has 0 unspecified atom stereocenters. The van der Waals surface area contributed by atoms with Crippen LogP contribution in [0, 0.1) is 12.3 Å². The number of fused-ring (bicyclic) bond motifs is 1. The highest BCUT2D eigenvalue weighted by atomic mass is 32.1. The van der Waals surface area contributed by atoms with Crippen LogP contribution >= 0.6 is 11.3 Å². The van der Waals surface area contributed by atoms with Crippen LogP contribution in [0.25, 0.3) is 10.2 Å². The summed E-state index contributed by atoms with van der Waals surface area (Å²) in [6.45, 7) is 2.26. The standard InChI is InChI=1S/C22H20N2O5S/c1-5-11-24-17-10-7-14(21(26)29-6-2)12-19(17)30-22(24)23-20(25)16-9-8-15(27-3)13-18(16)28-4/h1,7-10,12-13H,6,11H2,2-4H3. The number of hydrogen-bond acceptors (Lipinski definition) is 6. The molecule has 0 radical (unpaired) electrons. The van der Waals surface area contributed by atoms with Gasteiger partial charge >= 0.3 is 5.97 Å². The van der Waals surface area contributed by atoms with Crippen molar-refractivity contribution in [2.75, 3.05) is 20.8 Å². The van der Waals surface area contributed by atoms with Gasteiger partial charge < -0.3 is 18.8 Å². The van der Waals surface area contributed by atoms with Crippen molar-refractivity contribution in [3.8, 4) is 23.8 Å². The Labute approximate surface area is 177 Å². The van der Waals surface area contributed by atoms with Crippen LogP contribution in [0.1, 0.15) is 27.6 Å². The molecule has 0 atom stereocenters. The van der Waals surface area contributed by atoms with Crippen LogP contribution in [-0.2, 0) is 11.3 Å². The zero-order valence-electron chi connectivity index (χ0n) is 16.8. The number of methoxy groups -OCH3 is 2. The SMILES string of the molecule is C#CCn1c(=NC(=O)c2ccc(OC)cc2OC)sc2cc(C(=O)OCC)ccc21. The van der Waals surface area contributed by atoms with Gasteiger partial charge in [-0.25, -0.2) is 4.79 Å². The van der Waals surface area contributed by atoms with Crippen molar-refractivity contribution in [3.63, 3.8) is 0 Å². The first-order valence-electron chi connectivity index (χ1n) is 9.07. The number of nitrogens with zero attached hydrogens (tertiary/aromatic N) is 2. The number of aromatic nitrogens is 1. The molecule has 0 aliphatic carbocycles. The van der Waals surface area contributed by atoms with Crippen LogP contribution in [0.3, 0.4) is 0 Å². The van der Waals surface area contributed by atoms with Gasteiger partial charge in [0.1, 0.15) is 11.5 Å².